The second-order valence-corrected chi connectivity index (χ2v) is 7.66. The van der Waals surface area contributed by atoms with E-state index in [1.54, 1.807) is 0 Å². The number of nitrogens with one attached hydrogen (secondary N) is 1. The maximum absolute atomic E-state index is 6.24. The first kappa shape index (κ1) is 17.5. The number of rotatable bonds is 4. The lowest BCUT2D eigenvalue weighted by Crippen LogP contribution is -3.09. The minimum Gasteiger partial charge on any atom is -0.485 e. The van der Waals surface area contributed by atoms with E-state index in [1.807, 2.05) is 63.8 Å². The Bertz CT molecular complexity index is 1020. The van der Waals surface area contributed by atoms with Crippen LogP contribution in [0.3, 0.4) is 0 Å². The number of ether oxygens (including phenoxy) is 2. The number of hydrogen-bond acceptors (Lipinski definition) is 4. The number of aromatic nitrogens is 3. The number of quaternary nitrogens is 1. The van der Waals surface area contributed by atoms with E-state index in [0.29, 0.717) is 11.4 Å². The summed E-state index contributed by atoms with van der Waals surface area (Å²) >= 11 is 5.83. The molecule has 2 aliphatic rings. The van der Waals surface area contributed by atoms with E-state index < -0.39 is 0 Å². The third kappa shape index (κ3) is 3.21. The van der Waals surface area contributed by atoms with Crippen LogP contribution in [0.2, 0.25) is 0 Å². The lowest BCUT2D eigenvalue weighted by molar-refractivity contribution is -0.911. The Morgan fingerprint density at radius 3 is 2.50 bits per heavy atom. The molecule has 7 heteroatoms. The molecule has 0 spiro atoms. The van der Waals surface area contributed by atoms with Crippen LogP contribution in [0.1, 0.15) is 24.8 Å². The highest BCUT2D eigenvalue weighted by molar-refractivity contribution is 7.71. The molecular formula is C21H23N4O2S+. The van der Waals surface area contributed by atoms with Gasteiger partial charge in [0.1, 0.15) is 6.61 Å². The van der Waals surface area contributed by atoms with Gasteiger partial charge in [-0.2, -0.15) is 4.68 Å². The smallest absolute Gasteiger partial charge is 0.207 e. The zero-order chi connectivity index (χ0) is 18.9. The average molecular weight is 396 g/mol. The normalized spacial score (nSPS) is 19.1. The molecule has 0 aliphatic carbocycles. The topological polar surface area (TPSA) is 45.6 Å². The van der Waals surface area contributed by atoms with Crippen LogP contribution in [-0.2, 0) is 6.67 Å². The summed E-state index contributed by atoms with van der Waals surface area (Å²) in [4.78, 5) is 1.52. The van der Waals surface area contributed by atoms with E-state index >= 15 is 0 Å². The molecule has 5 rings (SSSR count). The van der Waals surface area contributed by atoms with Crippen molar-refractivity contribution in [2.75, 3.05) is 19.7 Å². The lowest BCUT2D eigenvalue weighted by Gasteiger charge is -2.26. The van der Waals surface area contributed by atoms with Crippen molar-refractivity contribution >= 4 is 12.2 Å². The molecular weight excluding hydrogens is 372 g/mol. The van der Waals surface area contributed by atoms with Gasteiger partial charge < -0.3 is 14.4 Å². The Kier molecular flexibility index (Phi) is 4.62. The van der Waals surface area contributed by atoms with Gasteiger partial charge in [0.15, 0.2) is 30.1 Å². The standard InChI is InChI=1S/C21H22N4O2S/c28-21-24(15-23-12-6-7-13-23)22-20(25(21)16-8-2-1-3-9-16)19-14-26-17-10-4-5-11-18(17)27-19/h1-5,8-11,19H,6-7,12-15H2/p+1/t19-/m0/s1. The van der Waals surface area contributed by atoms with Gasteiger partial charge in [0.25, 0.3) is 0 Å². The van der Waals surface area contributed by atoms with Crippen LogP contribution in [-0.4, -0.2) is 34.0 Å². The summed E-state index contributed by atoms with van der Waals surface area (Å²) in [5, 5.41) is 4.90. The minimum atomic E-state index is -0.313. The van der Waals surface area contributed by atoms with E-state index in [0.717, 1.165) is 29.7 Å². The molecule has 0 unspecified atom stereocenters. The molecule has 0 radical (unpaired) electrons. The Balaban J connectivity index is 1.55. The van der Waals surface area contributed by atoms with Crippen LogP contribution in [0.25, 0.3) is 5.69 Å². The number of likely N-dealkylation sites (tertiary alicyclic amines) is 1. The third-order valence-electron chi connectivity index (χ3n) is 5.36. The van der Waals surface area contributed by atoms with Gasteiger partial charge in [0.2, 0.25) is 4.77 Å². The molecule has 1 atom stereocenters. The second kappa shape index (κ2) is 7.41. The third-order valence-corrected chi connectivity index (χ3v) is 5.75. The van der Waals surface area contributed by atoms with Gasteiger partial charge in [0.05, 0.1) is 13.1 Å². The maximum Gasteiger partial charge on any atom is 0.207 e. The number of benzene rings is 2. The predicted octanol–water partition coefficient (Wildman–Crippen LogP) is 2.55. The zero-order valence-electron chi connectivity index (χ0n) is 15.6. The van der Waals surface area contributed by atoms with Gasteiger partial charge in [-0.1, -0.05) is 30.3 Å². The van der Waals surface area contributed by atoms with Crippen molar-refractivity contribution in [3.05, 3.63) is 65.2 Å². The van der Waals surface area contributed by atoms with Gasteiger partial charge in [0, 0.05) is 18.5 Å². The fourth-order valence-electron chi connectivity index (χ4n) is 3.95. The molecule has 1 N–H and O–H groups in total. The van der Waals surface area contributed by atoms with Crippen molar-refractivity contribution in [3.63, 3.8) is 0 Å². The molecule has 6 nitrogen and oxygen atoms in total. The van der Waals surface area contributed by atoms with Crippen molar-refractivity contribution in [1.82, 2.24) is 14.3 Å². The minimum absolute atomic E-state index is 0.313. The summed E-state index contributed by atoms with van der Waals surface area (Å²) in [6, 6.07) is 17.9. The summed E-state index contributed by atoms with van der Waals surface area (Å²) in [7, 11) is 0. The summed E-state index contributed by atoms with van der Waals surface area (Å²) in [5.74, 6) is 2.29. The van der Waals surface area contributed by atoms with Gasteiger partial charge in [-0.15, -0.1) is 5.10 Å². The monoisotopic (exact) mass is 395 g/mol. The highest BCUT2D eigenvalue weighted by Crippen LogP contribution is 2.36. The Labute approximate surface area is 168 Å². The SMILES string of the molecule is S=c1n(C[NH+]2CCCC2)nc([C@@H]2COc3ccccc3O2)n1-c1ccccc1. The van der Waals surface area contributed by atoms with Gasteiger partial charge >= 0.3 is 0 Å². The fourth-order valence-corrected chi connectivity index (χ4v) is 4.25. The summed E-state index contributed by atoms with van der Waals surface area (Å²) in [6.07, 6.45) is 2.22. The highest BCUT2D eigenvalue weighted by atomic mass is 32.1. The fraction of sp³-hybridized carbons (Fsp3) is 0.333. The molecule has 28 heavy (non-hydrogen) atoms. The first-order valence-electron chi connectivity index (χ1n) is 9.77. The van der Waals surface area contributed by atoms with Gasteiger partial charge in [-0.3, -0.25) is 4.57 Å². The molecule has 0 bridgehead atoms. The first-order valence-corrected chi connectivity index (χ1v) is 10.2. The van der Waals surface area contributed by atoms with Crippen molar-refractivity contribution in [2.45, 2.75) is 25.6 Å². The number of hydrogen-bond donors (Lipinski definition) is 1. The molecule has 0 saturated carbocycles. The van der Waals surface area contributed by atoms with Gasteiger partial charge in [-0.05, 0) is 36.5 Å². The molecule has 1 saturated heterocycles. The number of nitrogens with zero attached hydrogens (tertiary/aromatic N) is 3. The van der Waals surface area contributed by atoms with Crippen LogP contribution in [0.15, 0.2) is 54.6 Å². The summed E-state index contributed by atoms with van der Waals surface area (Å²) in [6.45, 7) is 3.54. The highest BCUT2D eigenvalue weighted by Gasteiger charge is 2.29. The quantitative estimate of drug-likeness (QED) is 0.690. The van der Waals surface area contributed by atoms with Crippen LogP contribution < -0.4 is 14.4 Å². The van der Waals surface area contributed by atoms with Crippen LogP contribution in [0.4, 0.5) is 0 Å². The van der Waals surface area contributed by atoms with Crippen molar-refractivity contribution < 1.29 is 14.4 Å². The van der Waals surface area contributed by atoms with Crippen molar-refractivity contribution in [1.29, 1.82) is 0 Å². The molecule has 2 aliphatic heterocycles. The van der Waals surface area contributed by atoms with Crippen molar-refractivity contribution in [2.24, 2.45) is 0 Å². The summed E-state index contributed by atoms with van der Waals surface area (Å²) < 4.78 is 16.8. The number of fused-ring (bicyclic) bond motifs is 1. The number of para-hydroxylation sites is 3. The van der Waals surface area contributed by atoms with Crippen molar-refractivity contribution in [3.8, 4) is 17.2 Å². The zero-order valence-corrected chi connectivity index (χ0v) is 16.4. The van der Waals surface area contributed by atoms with E-state index in [4.69, 9.17) is 26.8 Å². The Hall–Kier alpha value is -2.64. The molecule has 1 aromatic heterocycles. The van der Waals surface area contributed by atoms with E-state index in [-0.39, 0.29) is 6.10 Å². The Morgan fingerprint density at radius 2 is 1.71 bits per heavy atom. The maximum atomic E-state index is 6.24. The molecule has 2 aromatic carbocycles. The predicted molar refractivity (Wildman–Crippen MR) is 108 cm³/mol. The van der Waals surface area contributed by atoms with E-state index in [1.165, 1.54) is 30.8 Å². The largest absolute Gasteiger partial charge is 0.485 e. The Morgan fingerprint density at radius 1 is 1.00 bits per heavy atom. The molecule has 1 fully saturated rings. The van der Waals surface area contributed by atoms with E-state index in [9.17, 15) is 0 Å². The molecule has 144 valence electrons. The lowest BCUT2D eigenvalue weighted by atomic mass is 10.2. The van der Waals surface area contributed by atoms with Crippen LogP contribution in [0, 0.1) is 4.77 Å². The van der Waals surface area contributed by atoms with Gasteiger partial charge in [-0.25, -0.2) is 0 Å². The second-order valence-electron chi connectivity index (χ2n) is 7.29. The average Bonchev–Trinajstić information content (AvgIpc) is 3.37. The molecule has 3 heterocycles. The van der Waals surface area contributed by atoms with Crippen LogP contribution in [0.5, 0.6) is 11.5 Å². The van der Waals surface area contributed by atoms with E-state index in [2.05, 4.69) is 0 Å². The summed E-state index contributed by atoms with van der Waals surface area (Å²) in [5.41, 5.74) is 0.993. The molecule has 0 amide bonds. The first-order chi connectivity index (χ1) is 13.8. The van der Waals surface area contributed by atoms with Crippen LogP contribution >= 0.6 is 12.2 Å². The molecule has 3 aromatic rings.